The minimum absolute atomic E-state index is 0.0336. The van der Waals surface area contributed by atoms with E-state index >= 15 is 0 Å². The molecule has 0 aromatic carbocycles. The quantitative estimate of drug-likeness (QED) is 0.591. The lowest BCUT2D eigenvalue weighted by atomic mass is 10.5. The smallest absolute Gasteiger partial charge is 0.229 e. The molecule has 5 nitrogen and oxygen atoms in total. The maximum absolute atomic E-state index is 11.1. The lowest BCUT2D eigenvalue weighted by molar-refractivity contribution is 0.446. The highest BCUT2D eigenvalue weighted by Crippen LogP contribution is 2.11. The molecule has 0 unspecified atom stereocenters. The van der Waals surface area contributed by atoms with Crippen LogP contribution in [0.2, 0.25) is 0 Å². The third-order valence-corrected chi connectivity index (χ3v) is 5.11. The molecule has 1 fully saturated rings. The minimum atomic E-state index is -3.76. The summed E-state index contributed by atoms with van der Waals surface area (Å²) in [5.74, 6) is -0.102. The number of hydrogen-bond donors (Lipinski definition) is 0. The lowest BCUT2D eigenvalue weighted by Gasteiger charge is -2.13. The van der Waals surface area contributed by atoms with E-state index in [4.69, 9.17) is 10.7 Å². The zero-order chi connectivity index (χ0) is 10.1. The van der Waals surface area contributed by atoms with Gasteiger partial charge in [0.05, 0.1) is 11.5 Å². The number of sulfone groups is 1. The Bertz CT molecular complexity index is 373. The van der Waals surface area contributed by atoms with Crippen molar-refractivity contribution in [3.05, 3.63) is 0 Å². The summed E-state index contributed by atoms with van der Waals surface area (Å²) >= 11 is 0. The fourth-order valence-corrected chi connectivity index (χ4v) is 3.59. The summed E-state index contributed by atoms with van der Waals surface area (Å²) in [6.07, 6.45) is 0.314. The Kier molecular flexibility index (Phi) is 3.21. The van der Waals surface area contributed by atoms with Gasteiger partial charge in [0.2, 0.25) is 0 Å². The first-order valence-corrected chi connectivity index (χ1v) is 7.80. The van der Waals surface area contributed by atoms with Crippen LogP contribution in [-0.2, 0) is 19.1 Å². The van der Waals surface area contributed by atoms with Crippen molar-refractivity contribution in [1.29, 1.82) is 0 Å². The van der Waals surface area contributed by atoms with Gasteiger partial charge in [-0.15, -0.1) is 0 Å². The Hall–Kier alpha value is 0.150. The number of hydrogen-bond acceptors (Lipinski definition) is 4. The maximum Gasteiger partial charge on any atom is 0.299 e. The van der Waals surface area contributed by atoms with Gasteiger partial charge < -0.3 is 0 Å². The summed E-state index contributed by atoms with van der Waals surface area (Å²) in [5, 5.41) is 0. The van der Waals surface area contributed by atoms with Crippen molar-refractivity contribution in [2.75, 3.05) is 24.6 Å². The first-order chi connectivity index (χ1) is 5.81. The van der Waals surface area contributed by atoms with Gasteiger partial charge in [-0.1, -0.05) is 0 Å². The van der Waals surface area contributed by atoms with Crippen molar-refractivity contribution in [3.8, 4) is 0 Å². The third-order valence-electron chi connectivity index (χ3n) is 1.82. The second kappa shape index (κ2) is 3.72. The first-order valence-electron chi connectivity index (χ1n) is 3.71. The van der Waals surface area contributed by atoms with Crippen LogP contribution in [0.1, 0.15) is 6.42 Å². The van der Waals surface area contributed by atoms with Gasteiger partial charge in [-0.3, -0.25) is 0 Å². The van der Waals surface area contributed by atoms with Gasteiger partial charge in [0.25, 0.3) is 9.24 Å². The number of rotatable bonds is 1. The van der Waals surface area contributed by atoms with Crippen molar-refractivity contribution in [2.24, 2.45) is 0 Å². The van der Waals surface area contributed by atoms with Gasteiger partial charge in [-0.2, -0.15) is 12.7 Å². The predicted molar refractivity (Wildman–Crippen MR) is 49.6 cm³/mol. The molecular formula is C5H10ClNO4S2. The molecule has 78 valence electrons. The van der Waals surface area contributed by atoms with Crippen molar-refractivity contribution < 1.29 is 16.8 Å². The van der Waals surface area contributed by atoms with Crippen LogP contribution in [0.3, 0.4) is 0 Å². The Balaban J connectivity index is 2.77. The third kappa shape index (κ3) is 3.41. The maximum atomic E-state index is 11.1. The van der Waals surface area contributed by atoms with E-state index in [1.54, 1.807) is 0 Å². The summed E-state index contributed by atoms with van der Waals surface area (Å²) in [4.78, 5) is 0. The zero-order valence-electron chi connectivity index (χ0n) is 6.81. The van der Waals surface area contributed by atoms with Crippen LogP contribution >= 0.6 is 10.7 Å². The Morgan fingerprint density at radius 3 is 2.31 bits per heavy atom. The first kappa shape index (κ1) is 11.2. The van der Waals surface area contributed by atoms with Gasteiger partial charge in [0.1, 0.15) is 0 Å². The molecule has 8 heteroatoms. The molecule has 0 aromatic rings. The lowest BCUT2D eigenvalue weighted by Crippen LogP contribution is -2.30. The molecule has 1 aliphatic heterocycles. The topological polar surface area (TPSA) is 71.5 Å². The molecule has 0 saturated carbocycles. The van der Waals surface area contributed by atoms with Crippen LogP contribution in [0.4, 0.5) is 0 Å². The van der Waals surface area contributed by atoms with Crippen LogP contribution < -0.4 is 0 Å². The number of halogens is 1. The van der Waals surface area contributed by atoms with Gasteiger partial charge in [-0.25, -0.2) is 8.42 Å². The average Bonchev–Trinajstić information content (AvgIpc) is 2.08. The molecule has 1 saturated heterocycles. The molecule has 0 aromatic heterocycles. The average molecular weight is 248 g/mol. The molecule has 0 N–H and O–H groups in total. The highest BCUT2D eigenvalue weighted by Gasteiger charge is 2.25. The van der Waals surface area contributed by atoms with Crippen LogP contribution in [-0.4, -0.2) is 45.7 Å². The molecule has 1 rings (SSSR count). The van der Waals surface area contributed by atoms with Crippen molar-refractivity contribution in [2.45, 2.75) is 6.42 Å². The summed E-state index contributed by atoms with van der Waals surface area (Å²) < 4.78 is 44.8. The molecule has 13 heavy (non-hydrogen) atoms. The monoisotopic (exact) mass is 247 g/mol. The molecule has 1 aliphatic rings. The van der Waals surface area contributed by atoms with Crippen molar-refractivity contribution >= 4 is 29.8 Å². The Morgan fingerprint density at radius 2 is 1.77 bits per heavy atom. The number of nitrogens with zero attached hydrogens (tertiary/aromatic N) is 1. The highest BCUT2D eigenvalue weighted by atomic mass is 35.7. The van der Waals surface area contributed by atoms with Gasteiger partial charge in [0, 0.05) is 23.8 Å². The Labute approximate surface area is 82.1 Å². The zero-order valence-corrected chi connectivity index (χ0v) is 9.20. The second-order valence-electron chi connectivity index (χ2n) is 2.85. The van der Waals surface area contributed by atoms with Crippen LogP contribution in [0.5, 0.6) is 0 Å². The van der Waals surface area contributed by atoms with E-state index in [0.717, 1.165) is 4.31 Å². The van der Waals surface area contributed by atoms with Crippen LogP contribution in [0, 0.1) is 0 Å². The van der Waals surface area contributed by atoms with Crippen molar-refractivity contribution in [3.63, 3.8) is 0 Å². The van der Waals surface area contributed by atoms with Gasteiger partial charge >= 0.3 is 0 Å². The van der Waals surface area contributed by atoms with Crippen LogP contribution in [0.15, 0.2) is 0 Å². The fourth-order valence-electron chi connectivity index (χ4n) is 1.13. The molecule has 0 bridgehead atoms. The van der Waals surface area contributed by atoms with E-state index in [9.17, 15) is 16.8 Å². The molecule has 0 atom stereocenters. The molecule has 0 radical (unpaired) electrons. The van der Waals surface area contributed by atoms with E-state index in [-0.39, 0.29) is 24.6 Å². The SMILES string of the molecule is O=S1(=O)CCCN(S(=O)(=O)Cl)CC1. The van der Waals surface area contributed by atoms with E-state index in [2.05, 4.69) is 0 Å². The summed E-state index contributed by atoms with van der Waals surface area (Å²) in [5.41, 5.74) is 0. The van der Waals surface area contributed by atoms with E-state index < -0.39 is 19.1 Å². The second-order valence-corrected chi connectivity index (χ2v) is 7.66. The normalized spacial score (nSPS) is 25.3. The predicted octanol–water partition coefficient (Wildman–Crippen LogP) is -0.409. The van der Waals surface area contributed by atoms with E-state index in [1.165, 1.54) is 0 Å². The molecule has 0 spiro atoms. The van der Waals surface area contributed by atoms with E-state index in [0.29, 0.717) is 6.42 Å². The summed E-state index contributed by atoms with van der Waals surface area (Å²) in [6, 6.07) is 0. The molecular weight excluding hydrogens is 238 g/mol. The minimum Gasteiger partial charge on any atom is -0.229 e. The largest absolute Gasteiger partial charge is 0.299 e. The van der Waals surface area contributed by atoms with Gasteiger partial charge in [-0.05, 0) is 6.42 Å². The standard InChI is InChI=1S/C5H10ClNO4S2/c6-13(10,11)7-2-1-4-12(8,9)5-3-7/h1-5H2. The van der Waals surface area contributed by atoms with Crippen molar-refractivity contribution in [1.82, 2.24) is 4.31 Å². The van der Waals surface area contributed by atoms with Crippen LogP contribution in [0.25, 0.3) is 0 Å². The highest BCUT2D eigenvalue weighted by molar-refractivity contribution is 8.11. The molecule has 1 heterocycles. The van der Waals surface area contributed by atoms with Gasteiger partial charge in [0.15, 0.2) is 9.84 Å². The fraction of sp³-hybridized carbons (Fsp3) is 1.00. The molecule has 0 amide bonds. The summed E-state index contributed by atoms with van der Waals surface area (Å²) in [6.45, 7) is 0.152. The summed E-state index contributed by atoms with van der Waals surface area (Å²) in [7, 11) is -1.75. The Morgan fingerprint density at radius 1 is 1.15 bits per heavy atom. The van der Waals surface area contributed by atoms with E-state index in [1.807, 2.05) is 0 Å². The molecule has 0 aliphatic carbocycles.